The van der Waals surface area contributed by atoms with Crippen LogP contribution in [0.15, 0.2) is 0 Å². The van der Waals surface area contributed by atoms with E-state index in [1.54, 1.807) is 0 Å². The fourth-order valence-electron chi connectivity index (χ4n) is 0.548. The van der Waals surface area contributed by atoms with E-state index in [9.17, 15) is 0 Å². The topological polar surface area (TPSA) is 29.5 Å². The average molecular weight is 131 g/mol. The summed E-state index contributed by atoms with van der Waals surface area (Å²) in [6, 6.07) is 0. The molecule has 0 aliphatic carbocycles. The van der Waals surface area contributed by atoms with E-state index in [0.29, 0.717) is 6.61 Å². The summed E-state index contributed by atoms with van der Waals surface area (Å²) in [5.74, 6) is 0. The summed E-state index contributed by atoms with van der Waals surface area (Å²) in [7, 11) is 0. The van der Waals surface area contributed by atoms with Gasteiger partial charge in [-0.25, -0.2) is 0 Å². The van der Waals surface area contributed by atoms with Crippen LogP contribution < -0.4 is 0 Å². The molecular weight excluding hydrogens is 116 g/mol. The van der Waals surface area contributed by atoms with Gasteiger partial charge >= 0.3 is 0 Å². The molecule has 1 radical (unpaired) electrons. The monoisotopic (exact) mass is 131 g/mol. The van der Waals surface area contributed by atoms with Crippen molar-refractivity contribution in [1.29, 1.82) is 0 Å². The first kappa shape index (κ1) is 8.92. The Hall–Kier alpha value is -0.0800. The minimum absolute atomic E-state index is 0.129. The van der Waals surface area contributed by atoms with Crippen LogP contribution in [-0.2, 0) is 4.74 Å². The first-order valence-corrected chi connectivity index (χ1v) is 3.39. The van der Waals surface area contributed by atoms with Crippen molar-refractivity contribution in [3.63, 3.8) is 0 Å². The average Bonchev–Trinajstić information content (AvgIpc) is 1.89. The second-order valence-corrected chi connectivity index (χ2v) is 1.90. The molecule has 0 heterocycles. The van der Waals surface area contributed by atoms with Crippen LogP contribution in [0, 0.1) is 6.92 Å². The zero-order valence-electron chi connectivity index (χ0n) is 5.81. The highest BCUT2D eigenvalue weighted by atomic mass is 16.5. The van der Waals surface area contributed by atoms with E-state index in [1.165, 1.54) is 0 Å². The highest BCUT2D eigenvalue weighted by molar-refractivity contribution is 4.41. The molecule has 0 saturated carbocycles. The molecule has 0 bridgehead atoms. The molecule has 0 aromatic rings. The van der Waals surface area contributed by atoms with Crippen LogP contribution in [-0.4, -0.2) is 24.9 Å². The second kappa shape index (κ2) is 7.92. The Morgan fingerprint density at radius 1 is 1.22 bits per heavy atom. The van der Waals surface area contributed by atoms with Crippen LogP contribution in [0.3, 0.4) is 0 Å². The maximum atomic E-state index is 8.29. The lowest BCUT2D eigenvalue weighted by Crippen LogP contribution is -2.00. The van der Waals surface area contributed by atoms with Crippen molar-refractivity contribution in [1.82, 2.24) is 0 Å². The summed E-state index contributed by atoms with van der Waals surface area (Å²) in [5, 5.41) is 8.29. The number of ether oxygens (including phenoxy) is 1. The van der Waals surface area contributed by atoms with Crippen molar-refractivity contribution in [2.45, 2.75) is 19.3 Å². The number of aliphatic hydroxyl groups is 1. The third-order valence-electron chi connectivity index (χ3n) is 1.02. The molecule has 0 atom stereocenters. The Morgan fingerprint density at radius 2 is 2.00 bits per heavy atom. The fraction of sp³-hybridized carbons (Fsp3) is 0.857. The van der Waals surface area contributed by atoms with Crippen molar-refractivity contribution in [2.75, 3.05) is 19.8 Å². The molecule has 0 spiro atoms. The molecular formula is C7H15O2. The third-order valence-corrected chi connectivity index (χ3v) is 1.02. The summed E-state index contributed by atoms with van der Waals surface area (Å²) >= 11 is 0. The Bertz CT molecular complexity index is 40.2. The van der Waals surface area contributed by atoms with Gasteiger partial charge in [0.2, 0.25) is 0 Å². The molecule has 0 aliphatic heterocycles. The van der Waals surface area contributed by atoms with E-state index in [2.05, 4.69) is 6.92 Å². The number of unbranched alkanes of at least 4 members (excludes halogenated alkanes) is 2. The van der Waals surface area contributed by atoms with Gasteiger partial charge in [0.25, 0.3) is 0 Å². The predicted octanol–water partition coefficient (Wildman–Crippen LogP) is 1.000. The van der Waals surface area contributed by atoms with Gasteiger partial charge < -0.3 is 9.84 Å². The van der Waals surface area contributed by atoms with Crippen molar-refractivity contribution < 1.29 is 9.84 Å². The minimum atomic E-state index is 0.129. The van der Waals surface area contributed by atoms with Crippen LogP contribution in [0.2, 0.25) is 0 Å². The van der Waals surface area contributed by atoms with Crippen LogP contribution in [0.25, 0.3) is 0 Å². The molecule has 1 N–H and O–H groups in total. The molecule has 0 aromatic heterocycles. The number of hydrogen-bond acceptors (Lipinski definition) is 2. The quantitative estimate of drug-likeness (QED) is 0.545. The fourth-order valence-corrected chi connectivity index (χ4v) is 0.548. The van der Waals surface area contributed by atoms with E-state index >= 15 is 0 Å². The summed E-state index contributed by atoms with van der Waals surface area (Å²) in [6.07, 6.45) is 3.15. The Kier molecular flexibility index (Phi) is 7.85. The lowest BCUT2D eigenvalue weighted by molar-refractivity contribution is 0.0899. The van der Waals surface area contributed by atoms with Gasteiger partial charge in [-0.15, -0.1) is 0 Å². The van der Waals surface area contributed by atoms with Crippen molar-refractivity contribution in [3.8, 4) is 0 Å². The molecule has 2 heteroatoms. The predicted molar refractivity (Wildman–Crippen MR) is 37.1 cm³/mol. The minimum Gasteiger partial charge on any atom is -0.394 e. The second-order valence-electron chi connectivity index (χ2n) is 1.90. The van der Waals surface area contributed by atoms with Crippen molar-refractivity contribution in [2.24, 2.45) is 0 Å². The summed E-state index contributed by atoms with van der Waals surface area (Å²) in [6.45, 7) is 5.06. The highest BCUT2D eigenvalue weighted by Crippen LogP contribution is 1.92. The van der Waals surface area contributed by atoms with Crippen LogP contribution in [0.5, 0.6) is 0 Å². The lowest BCUT2D eigenvalue weighted by atomic mass is 10.3. The van der Waals surface area contributed by atoms with Gasteiger partial charge in [-0.05, 0) is 6.42 Å². The van der Waals surface area contributed by atoms with Gasteiger partial charge in [-0.1, -0.05) is 19.8 Å². The van der Waals surface area contributed by atoms with Crippen LogP contribution in [0.4, 0.5) is 0 Å². The van der Waals surface area contributed by atoms with Gasteiger partial charge in [0.15, 0.2) is 0 Å². The smallest absolute Gasteiger partial charge is 0.0697 e. The van der Waals surface area contributed by atoms with Gasteiger partial charge in [-0.3, -0.25) is 0 Å². The molecule has 0 amide bonds. The summed E-state index contributed by atoms with van der Waals surface area (Å²) in [5.41, 5.74) is 0. The number of rotatable bonds is 6. The molecule has 0 fully saturated rings. The summed E-state index contributed by atoms with van der Waals surface area (Å²) in [4.78, 5) is 0. The van der Waals surface area contributed by atoms with Gasteiger partial charge in [0.1, 0.15) is 0 Å². The standard InChI is InChI=1S/C7H15O2/c1-2-3-4-6-9-7-5-8/h8H,1-7H2. The van der Waals surface area contributed by atoms with E-state index in [4.69, 9.17) is 9.84 Å². The molecule has 0 rings (SSSR count). The highest BCUT2D eigenvalue weighted by Gasteiger charge is 1.85. The molecule has 55 valence electrons. The zero-order valence-corrected chi connectivity index (χ0v) is 5.81. The molecule has 0 aromatic carbocycles. The van der Waals surface area contributed by atoms with Gasteiger partial charge in [-0.2, -0.15) is 0 Å². The Morgan fingerprint density at radius 3 is 2.56 bits per heavy atom. The van der Waals surface area contributed by atoms with Crippen LogP contribution in [0.1, 0.15) is 19.3 Å². The molecule has 0 unspecified atom stereocenters. The molecule has 2 nitrogen and oxygen atoms in total. The first-order chi connectivity index (χ1) is 4.41. The lowest BCUT2D eigenvalue weighted by Gasteiger charge is -1.98. The van der Waals surface area contributed by atoms with E-state index < -0.39 is 0 Å². The number of aliphatic hydroxyl groups excluding tert-OH is 1. The largest absolute Gasteiger partial charge is 0.394 e. The van der Waals surface area contributed by atoms with E-state index in [0.717, 1.165) is 25.9 Å². The number of hydrogen-bond donors (Lipinski definition) is 1. The third kappa shape index (κ3) is 7.92. The van der Waals surface area contributed by atoms with Gasteiger partial charge in [0, 0.05) is 6.61 Å². The Labute approximate surface area is 56.8 Å². The summed E-state index contributed by atoms with van der Waals surface area (Å²) < 4.78 is 5.01. The maximum absolute atomic E-state index is 8.29. The van der Waals surface area contributed by atoms with E-state index in [-0.39, 0.29) is 6.61 Å². The van der Waals surface area contributed by atoms with Gasteiger partial charge in [0.05, 0.1) is 13.2 Å². The first-order valence-electron chi connectivity index (χ1n) is 3.39. The normalized spacial score (nSPS) is 10.0. The Balaban J connectivity index is 2.60. The van der Waals surface area contributed by atoms with Crippen LogP contribution >= 0.6 is 0 Å². The SMILES string of the molecule is [CH2]CCCCOCCO. The zero-order chi connectivity index (χ0) is 6.95. The molecule has 0 saturated heterocycles. The van der Waals surface area contributed by atoms with Crippen molar-refractivity contribution in [3.05, 3.63) is 6.92 Å². The maximum Gasteiger partial charge on any atom is 0.0697 e. The molecule has 9 heavy (non-hydrogen) atoms. The van der Waals surface area contributed by atoms with E-state index in [1.807, 2.05) is 0 Å². The molecule has 0 aliphatic rings. The van der Waals surface area contributed by atoms with Crippen molar-refractivity contribution >= 4 is 0 Å².